The van der Waals surface area contributed by atoms with E-state index in [2.05, 4.69) is 5.32 Å². The molecule has 0 aliphatic heterocycles. The molecule has 110 valence electrons. The molecule has 0 aromatic heterocycles. The standard InChI is InChI=1S/C15H15ClN2O3/c1-2-21-15-9-12(7-8-14(15)18(19)20)17-10-11-5-3-4-6-13(11)16/h3-9,17H,2,10H2,1H3. The summed E-state index contributed by atoms with van der Waals surface area (Å²) < 4.78 is 5.31. The summed E-state index contributed by atoms with van der Waals surface area (Å²) in [6.45, 7) is 2.69. The van der Waals surface area contributed by atoms with Crippen LogP contribution in [0.5, 0.6) is 5.75 Å². The lowest BCUT2D eigenvalue weighted by Gasteiger charge is -2.10. The molecule has 5 nitrogen and oxygen atoms in total. The van der Waals surface area contributed by atoms with Crippen LogP contribution in [0.15, 0.2) is 42.5 Å². The molecule has 0 fully saturated rings. The molecule has 0 saturated heterocycles. The molecule has 6 heteroatoms. The van der Waals surface area contributed by atoms with E-state index in [1.807, 2.05) is 24.3 Å². The molecule has 0 bridgehead atoms. The zero-order chi connectivity index (χ0) is 15.2. The average Bonchev–Trinajstić information content (AvgIpc) is 2.46. The quantitative estimate of drug-likeness (QED) is 0.640. The first-order valence-corrected chi connectivity index (χ1v) is 6.88. The molecule has 0 radical (unpaired) electrons. The Labute approximate surface area is 127 Å². The van der Waals surface area contributed by atoms with Crippen molar-refractivity contribution in [1.82, 2.24) is 0 Å². The van der Waals surface area contributed by atoms with E-state index in [0.29, 0.717) is 18.2 Å². The number of nitrogens with one attached hydrogen (secondary N) is 1. The van der Waals surface area contributed by atoms with Crippen LogP contribution in [-0.4, -0.2) is 11.5 Å². The maximum atomic E-state index is 10.9. The van der Waals surface area contributed by atoms with E-state index in [4.69, 9.17) is 16.3 Å². The predicted molar refractivity (Wildman–Crippen MR) is 83.0 cm³/mol. The Balaban J connectivity index is 2.15. The largest absolute Gasteiger partial charge is 0.487 e. The SMILES string of the molecule is CCOc1cc(NCc2ccccc2Cl)ccc1[N+](=O)[O-]. The van der Waals surface area contributed by atoms with E-state index in [1.165, 1.54) is 6.07 Å². The van der Waals surface area contributed by atoms with Gasteiger partial charge in [0, 0.05) is 29.4 Å². The third-order valence-corrected chi connectivity index (χ3v) is 3.27. The van der Waals surface area contributed by atoms with Gasteiger partial charge in [0.25, 0.3) is 0 Å². The second-order valence-electron chi connectivity index (χ2n) is 4.32. The third-order valence-electron chi connectivity index (χ3n) is 2.90. The van der Waals surface area contributed by atoms with Crippen molar-refractivity contribution in [3.05, 3.63) is 63.2 Å². The van der Waals surface area contributed by atoms with Crippen LogP contribution in [-0.2, 0) is 6.54 Å². The van der Waals surface area contributed by atoms with Crippen LogP contribution < -0.4 is 10.1 Å². The van der Waals surface area contributed by atoms with Crippen molar-refractivity contribution in [3.63, 3.8) is 0 Å². The molecule has 2 aromatic carbocycles. The van der Waals surface area contributed by atoms with Crippen LogP contribution >= 0.6 is 11.6 Å². The lowest BCUT2D eigenvalue weighted by molar-refractivity contribution is -0.385. The number of hydrogen-bond acceptors (Lipinski definition) is 4. The summed E-state index contributed by atoms with van der Waals surface area (Å²) in [5, 5.41) is 14.8. The highest BCUT2D eigenvalue weighted by Gasteiger charge is 2.15. The first kappa shape index (κ1) is 15.1. The van der Waals surface area contributed by atoms with Gasteiger partial charge in [-0.1, -0.05) is 29.8 Å². The number of anilines is 1. The van der Waals surface area contributed by atoms with Gasteiger partial charge < -0.3 is 10.1 Å². The Morgan fingerprint density at radius 2 is 2.05 bits per heavy atom. The fourth-order valence-electron chi connectivity index (χ4n) is 1.89. The molecule has 2 aromatic rings. The molecule has 1 N–H and O–H groups in total. The molecule has 0 saturated carbocycles. The fourth-order valence-corrected chi connectivity index (χ4v) is 2.09. The minimum atomic E-state index is -0.456. The number of ether oxygens (including phenoxy) is 1. The summed E-state index contributed by atoms with van der Waals surface area (Å²) >= 11 is 6.08. The minimum absolute atomic E-state index is 0.0415. The van der Waals surface area contributed by atoms with Gasteiger partial charge in [0.05, 0.1) is 11.5 Å². The van der Waals surface area contributed by atoms with Crippen LogP contribution in [0.4, 0.5) is 11.4 Å². The Hall–Kier alpha value is -2.27. The molecule has 0 atom stereocenters. The molecular formula is C15H15ClN2O3. The molecule has 0 aliphatic rings. The number of halogens is 1. The van der Waals surface area contributed by atoms with Crippen LogP contribution in [0.3, 0.4) is 0 Å². The maximum Gasteiger partial charge on any atom is 0.311 e. The smallest absolute Gasteiger partial charge is 0.311 e. The molecule has 0 heterocycles. The van der Waals surface area contributed by atoms with Crippen molar-refractivity contribution in [2.75, 3.05) is 11.9 Å². The lowest BCUT2D eigenvalue weighted by Crippen LogP contribution is -2.02. The Morgan fingerprint density at radius 1 is 1.29 bits per heavy atom. The summed E-state index contributed by atoms with van der Waals surface area (Å²) in [6, 6.07) is 12.2. The predicted octanol–water partition coefficient (Wildman–Crippen LogP) is 4.26. The monoisotopic (exact) mass is 306 g/mol. The van der Waals surface area contributed by atoms with Gasteiger partial charge in [-0.25, -0.2) is 0 Å². The van der Waals surface area contributed by atoms with Crippen LogP contribution in [0, 0.1) is 10.1 Å². The summed E-state index contributed by atoms with van der Waals surface area (Å²) in [7, 11) is 0. The molecule has 0 unspecified atom stereocenters. The highest BCUT2D eigenvalue weighted by atomic mass is 35.5. The van der Waals surface area contributed by atoms with Gasteiger partial charge >= 0.3 is 5.69 Å². The van der Waals surface area contributed by atoms with Crippen molar-refractivity contribution < 1.29 is 9.66 Å². The Bertz CT molecular complexity index is 647. The summed E-state index contributed by atoms with van der Waals surface area (Å²) in [5.41, 5.74) is 1.65. The number of nitro groups is 1. The molecule has 0 spiro atoms. The van der Waals surface area contributed by atoms with Gasteiger partial charge in [-0.2, -0.15) is 0 Å². The van der Waals surface area contributed by atoms with Crippen molar-refractivity contribution in [1.29, 1.82) is 0 Å². The average molecular weight is 307 g/mol. The van der Waals surface area contributed by atoms with E-state index >= 15 is 0 Å². The van der Waals surface area contributed by atoms with Crippen molar-refractivity contribution >= 4 is 23.0 Å². The van der Waals surface area contributed by atoms with E-state index in [1.54, 1.807) is 19.1 Å². The highest BCUT2D eigenvalue weighted by molar-refractivity contribution is 6.31. The molecule has 2 rings (SSSR count). The summed E-state index contributed by atoms with van der Waals surface area (Å²) in [4.78, 5) is 10.5. The van der Waals surface area contributed by atoms with Crippen molar-refractivity contribution in [3.8, 4) is 5.75 Å². The van der Waals surface area contributed by atoms with Gasteiger partial charge in [-0.05, 0) is 24.6 Å². The molecule has 0 aliphatic carbocycles. The van der Waals surface area contributed by atoms with Gasteiger partial charge in [0.15, 0.2) is 5.75 Å². The van der Waals surface area contributed by atoms with Crippen LogP contribution in [0.2, 0.25) is 5.02 Å². The molecular weight excluding hydrogens is 292 g/mol. The molecule has 21 heavy (non-hydrogen) atoms. The van der Waals surface area contributed by atoms with E-state index in [0.717, 1.165) is 11.3 Å². The second kappa shape index (κ2) is 6.95. The number of benzene rings is 2. The fraction of sp³-hybridized carbons (Fsp3) is 0.200. The lowest BCUT2D eigenvalue weighted by atomic mass is 10.2. The second-order valence-corrected chi connectivity index (χ2v) is 4.72. The zero-order valence-corrected chi connectivity index (χ0v) is 12.3. The van der Waals surface area contributed by atoms with Gasteiger partial charge in [-0.3, -0.25) is 10.1 Å². The van der Waals surface area contributed by atoms with Crippen molar-refractivity contribution in [2.24, 2.45) is 0 Å². The maximum absolute atomic E-state index is 10.9. The number of rotatable bonds is 6. The van der Waals surface area contributed by atoms with Gasteiger partial charge in [-0.15, -0.1) is 0 Å². The summed E-state index contributed by atoms with van der Waals surface area (Å²) in [5.74, 6) is 0.256. The normalized spacial score (nSPS) is 10.2. The van der Waals surface area contributed by atoms with E-state index < -0.39 is 4.92 Å². The van der Waals surface area contributed by atoms with Crippen molar-refractivity contribution in [2.45, 2.75) is 13.5 Å². The number of hydrogen-bond donors (Lipinski definition) is 1. The van der Waals surface area contributed by atoms with Gasteiger partial charge in [0.2, 0.25) is 0 Å². The van der Waals surface area contributed by atoms with E-state index in [9.17, 15) is 10.1 Å². The third kappa shape index (κ3) is 3.86. The highest BCUT2D eigenvalue weighted by Crippen LogP contribution is 2.30. The van der Waals surface area contributed by atoms with Crippen LogP contribution in [0.25, 0.3) is 0 Å². The summed E-state index contributed by atoms with van der Waals surface area (Å²) in [6.07, 6.45) is 0. The Kier molecular flexibility index (Phi) is 5.00. The Morgan fingerprint density at radius 3 is 2.71 bits per heavy atom. The zero-order valence-electron chi connectivity index (χ0n) is 11.5. The number of nitro benzene ring substituents is 1. The number of nitrogens with zero attached hydrogens (tertiary/aromatic N) is 1. The van der Waals surface area contributed by atoms with Gasteiger partial charge in [0.1, 0.15) is 0 Å². The van der Waals surface area contributed by atoms with Crippen LogP contribution in [0.1, 0.15) is 12.5 Å². The topological polar surface area (TPSA) is 64.4 Å². The minimum Gasteiger partial charge on any atom is -0.487 e. The van der Waals surface area contributed by atoms with E-state index in [-0.39, 0.29) is 11.4 Å². The first-order valence-electron chi connectivity index (χ1n) is 6.50. The molecule has 0 amide bonds. The first-order chi connectivity index (χ1) is 10.1.